The molecular weight excluding hydrogens is 379 g/mol. The highest BCUT2D eigenvalue weighted by molar-refractivity contribution is 5.85. The maximum atomic E-state index is 6.05. The zero-order valence-electron chi connectivity index (χ0n) is 16.3. The number of benzene rings is 2. The molecule has 1 N–H and O–H groups in total. The zero-order valence-corrected chi connectivity index (χ0v) is 17.9. The summed E-state index contributed by atoms with van der Waals surface area (Å²) in [6.45, 7) is 9.66. The van der Waals surface area contributed by atoms with Crippen molar-refractivity contribution >= 4 is 24.8 Å². The fraction of sp³-hybridized carbons (Fsp3) is 0.455. The standard InChI is InChI=1S/C22H30N2O.2ClH/c1-3-18(2)22(24-14-12-23-13-15-24)20-10-7-11-21(16-20)25-17-19-8-5-4-6-9-19;;/h4-11,16,18,22-23H,3,12-15,17H2,1-2H3;2*1H/t18?,22-;;/m1../s1. The van der Waals surface area contributed by atoms with Crippen LogP contribution in [0.4, 0.5) is 0 Å². The van der Waals surface area contributed by atoms with Gasteiger partial charge in [0.2, 0.25) is 0 Å². The zero-order chi connectivity index (χ0) is 17.5. The number of hydrogen-bond acceptors (Lipinski definition) is 3. The SMILES string of the molecule is CCC(C)[C@H](c1cccc(OCc2ccccc2)c1)N1CCNCC1.Cl.Cl. The van der Waals surface area contributed by atoms with Crippen LogP contribution in [0, 0.1) is 5.92 Å². The second kappa shape index (κ2) is 12.2. The Hall–Kier alpha value is -1.26. The number of nitrogens with one attached hydrogen (secondary N) is 1. The molecule has 0 amide bonds. The molecule has 0 aliphatic carbocycles. The summed E-state index contributed by atoms with van der Waals surface area (Å²) in [5.74, 6) is 1.59. The van der Waals surface area contributed by atoms with E-state index in [9.17, 15) is 0 Å². The normalized spacial score (nSPS) is 16.5. The average Bonchev–Trinajstić information content (AvgIpc) is 2.68. The van der Waals surface area contributed by atoms with Crippen molar-refractivity contribution in [2.24, 2.45) is 5.92 Å². The van der Waals surface area contributed by atoms with Crippen LogP contribution in [0.25, 0.3) is 0 Å². The molecule has 5 heteroatoms. The Morgan fingerprint density at radius 2 is 1.70 bits per heavy atom. The van der Waals surface area contributed by atoms with Crippen LogP contribution in [-0.4, -0.2) is 31.1 Å². The quantitative estimate of drug-likeness (QED) is 0.686. The van der Waals surface area contributed by atoms with Crippen molar-refractivity contribution < 1.29 is 4.74 Å². The molecule has 0 spiro atoms. The summed E-state index contributed by atoms with van der Waals surface area (Å²) < 4.78 is 6.05. The molecule has 150 valence electrons. The minimum Gasteiger partial charge on any atom is -0.489 e. The molecule has 1 fully saturated rings. The van der Waals surface area contributed by atoms with E-state index >= 15 is 0 Å². The molecule has 3 rings (SSSR count). The van der Waals surface area contributed by atoms with Crippen LogP contribution in [-0.2, 0) is 6.61 Å². The Labute approximate surface area is 176 Å². The first-order valence-corrected chi connectivity index (χ1v) is 9.49. The first-order chi connectivity index (χ1) is 12.3. The maximum absolute atomic E-state index is 6.05. The van der Waals surface area contributed by atoms with Crippen molar-refractivity contribution in [3.05, 3.63) is 65.7 Å². The topological polar surface area (TPSA) is 24.5 Å². The van der Waals surface area contributed by atoms with E-state index in [-0.39, 0.29) is 24.8 Å². The molecule has 1 heterocycles. The van der Waals surface area contributed by atoms with Crippen molar-refractivity contribution in [3.63, 3.8) is 0 Å². The third kappa shape index (κ3) is 6.69. The molecule has 1 unspecified atom stereocenters. The molecule has 27 heavy (non-hydrogen) atoms. The van der Waals surface area contributed by atoms with Gasteiger partial charge in [-0.3, -0.25) is 4.90 Å². The summed E-state index contributed by atoms with van der Waals surface area (Å²) in [4.78, 5) is 2.63. The number of halogens is 2. The summed E-state index contributed by atoms with van der Waals surface area (Å²) in [6.07, 6.45) is 1.18. The lowest BCUT2D eigenvalue weighted by Crippen LogP contribution is -2.46. The van der Waals surface area contributed by atoms with Gasteiger partial charge in [0.05, 0.1) is 0 Å². The summed E-state index contributed by atoms with van der Waals surface area (Å²) >= 11 is 0. The third-order valence-electron chi connectivity index (χ3n) is 5.18. The molecule has 3 nitrogen and oxygen atoms in total. The second-order valence-electron chi connectivity index (χ2n) is 6.96. The van der Waals surface area contributed by atoms with Crippen molar-refractivity contribution in [3.8, 4) is 5.75 Å². The monoisotopic (exact) mass is 410 g/mol. The largest absolute Gasteiger partial charge is 0.489 e. The van der Waals surface area contributed by atoms with E-state index in [1.54, 1.807) is 0 Å². The summed E-state index contributed by atoms with van der Waals surface area (Å²) in [5.41, 5.74) is 2.58. The van der Waals surface area contributed by atoms with Crippen LogP contribution in [0.3, 0.4) is 0 Å². The third-order valence-corrected chi connectivity index (χ3v) is 5.18. The van der Waals surface area contributed by atoms with Gasteiger partial charge in [0.25, 0.3) is 0 Å². The van der Waals surface area contributed by atoms with Crippen LogP contribution in [0.2, 0.25) is 0 Å². The number of hydrogen-bond donors (Lipinski definition) is 1. The van der Waals surface area contributed by atoms with E-state index < -0.39 is 0 Å². The van der Waals surface area contributed by atoms with Crippen LogP contribution in [0.5, 0.6) is 5.75 Å². The van der Waals surface area contributed by atoms with Gasteiger partial charge in [-0.2, -0.15) is 0 Å². The van der Waals surface area contributed by atoms with Crippen molar-refractivity contribution in [2.45, 2.75) is 32.9 Å². The van der Waals surface area contributed by atoms with Crippen molar-refractivity contribution in [2.75, 3.05) is 26.2 Å². The molecular formula is C22H32Cl2N2O. The molecule has 1 saturated heterocycles. The minimum atomic E-state index is 0. The maximum Gasteiger partial charge on any atom is 0.120 e. The second-order valence-corrected chi connectivity index (χ2v) is 6.96. The molecule has 0 saturated carbocycles. The van der Waals surface area contributed by atoms with Gasteiger partial charge in [0, 0.05) is 32.2 Å². The highest BCUT2D eigenvalue weighted by atomic mass is 35.5. The van der Waals surface area contributed by atoms with Crippen LogP contribution >= 0.6 is 24.8 Å². The van der Waals surface area contributed by atoms with E-state index in [4.69, 9.17) is 4.74 Å². The van der Waals surface area contributed by atoms with Crippen LogP contribution in [0.15, 0.2) is 54.6 Å². The smallest absolute Gasteiger partial charge is 0.120 e. The Morgan fingerprint density at radius 3 is 2.37 bits per heavy atom. The lowest BCUT2D eigenvalue weighted by molar-refractivity contribution is 0.128. The van der Waals surface area contributed by atoms with Gasteiger partial charge in [-0.1, -0.05) is 62.7 Å². The van der Waals surface area contributed by atoms with E-state index in [0.29, 0.717) is 18.6 Å². The van der Waals surface area contributed by atoms with Crippen molar-refractivity contribution in [1.29, 1.82) is 0 Å². The molecule has 0 radical (unpaired) electrons. The predicted molar refractivity (Wildman–Crippen MR) is 118 cm³/mol. The van der Waals surface area contributed by atoms with Crippen LogP contribution < -0.4 is 10.1 Å². The first kappa shape index (κ1) is 23.8. The molecule has 0 aromatic heterocycles. The van der Waals surface area contributed by atoms with E-state index in [0.717, 1.165) is 31.9 Å². The van der Waals surface area contributed by atoms with Crippen LogP contribution in [0.1, 0.15) is 37.4 Å². The van der Waals surface area contributed by atoms with E-state index in [2.05, 4.69) is 72.6 Å². The number of nitrogens with zero attached hydrogens (tertiary/aromatic N) is 1. The van der Waals surface area contributed by atoms with E-state index in [1.165, 1.54) is 17.5 Å². The molecule has 2 aromatic carbocycles. The lowest BCUT2D eigenvalue weighted by Gasteiger charge is -2.38. The minimum absolute atomic E-state index is 0. The number of rotatable bonds is 7. The summed E-state index contributed by atoms with van der Waals surface area (Å²) in [7, 11) is 0. The fourth-order valence-electron chi connectivity index (χ4n) is 3.61. The molecule has 2 atom stereocenters. The lowest BCUT2D eigenvalue weighted by atomic mass is 9.90. The molecule has 0 bridgehead atoms. The van der Waals surface area contributed by atoms with Gasteiger partial charge in [-0.25, -0.2) is 0 Å². The van der Waals surface area contributed by atoms with Gasteiger partial charge in [0.1, 0.15) is 12.4 Å². The Morgan fingerprint density at radius 1 is 1.00 bits per heavy atom. The predicted octanol–water partition coefficient (Wildman–Crippen LogP) is 5.10. The number of piperazine rings is 1. The Bertz CT molecular complexity index is 648. The van der Waals surface area contributed by atoms with Gasteiger partial charge >= 0.3 is 0 Å². The van der Waals surface area contributed by atoms with Gasteiger partial charge in [-0.15, -0.1) is 24.8 Å². The highest BCUT2D eigenvalue weighted by Gasteiger charge is 2.26. The van der Waals surface area contributed by atoms with Gasteiger partial charge < -0.3 is 10.1 Å². The molecule has 2 aromatic rings. The van der Waals surface area contributed by atoms with E-state index in [1.807, 2.05) is 6.07 Å². The number of ether oxygens (including phenoxy) is 1. The Kier molecular flexibility index (Phi) is 10.8. The Balaban J connectivity index is 0.00000182. The summed E-state index contributed by atoms with van der Waals surface area (Å²) in [5, 5.41) is 3.46. The first-order valence-electron chi connectivity index (χ1n) is 9.49. The average molecular weight is 411 g/mol. The fourth-order valence-corrected chi connectivity index (χ4v) is 3.61. The molecule has 1 aliphatic rings. The molecule has 1 aliphatic heterocycles. The van der Waals surface area contributed by atoms with Gasteiger partial charge in [0.15, 0.2) is 0 Å². The van der Waals surface area contributed by atoms with Gasteiger partial charge in [-0.05, 0) is 29.2 Å². The summed E-state index contributed by atoms with van der Waals surface area (Å²) in [6, 6.07) is 19.5. The van der Waals surface area contributed by atoms with Crippen molar-refractivity contribution in [1.82, 2.24) is 10.2 Å². The highest BCUT2D eigenvalue weighted by Crippen LogP contribution is 2.32.